The SMILES string of the molecule is NC1(Cc2cc(Br)cc3c2OCC3)CC2CCC1C2. The van der Waals surface area contributed by atoms with E-state index in [4.69, 9.17) is 10.5 Å². The number of hydrogen-bond donors (Lipinski definition) is 1. The summed E-state index contributed by atoms with van der Waals surface area (Å²) in [5, 5.41) is 0. The van der Waals surface area contributed by atoms with Gasteiger partial charge >= 0.3 is 0 Å². The number of benzene rings is 1. The van der Waals surface area contributed by atoms with Crippen LogP contribution in [0, 0.1) is 11.8 Å². The molecular formula is C16H20BrNO. The lowest BCUT2D eigenvalue weighted by molar-refractivity contribution is 0.265. The highest BCUT2D eigenvalue weighted by Gasteiger charge is 2.48. The maximum absolute atomic E-state index is 6.75. The first-order valence-corrected chi connectivity index (χ1v) is 8.16. The lowest BCUT2D eigenvalue weighted by Crippen LogP contribution is -2.47. The zero-order valence-electron chi connectivity index (χ0n) is 11.1. The average molecular weight is 322 g/mol. The molecule has 2 saturated carbocycles. The van der Waals surface area contributed by atoms with Crippen LogP contribution < -0.4 is 10.5 Å². The summed E-state index contributed by atoms with van der Waals surface area (Å²) in [6.45, 7) is 0.822. The number of ether oxygens (including phenoxy) is 1. The van der Waals surface area contributed by atoms with Crippen LogP contribution in [0.1, 0.15) is 36.8 Å². The van der Waals surface area contributed by atoms with E-state index in [0.29, 0.717) is 0 Å². The van der Waals surface area contributed by atoms with E-state index in [1.807, 2.05) is 0 Å². The molecule has 2 N–H and O–H groups in total. The predicted molar refractivity (Wildman–Crippen MR) is 79.4 cm³/mol. The number of fused-ring (bicyclic) bond motifs is 3. The molecule has 2 nitrogen and oxygen atoms in total. The zero-order valence-corrected chi connectivity index (χ0v) is 12.7. The molecule has 102 valence electrons. The van der Waals surface area contributed by atoms with Gasteiger partial charge in [-0.2, -0.15) is 0 Å². The van der Waals surface area contributed by atoms with Crippen molar-refractivity contribution in [1.29, 1.82) is 0 Å². The van der Waals surface area contributed by atoms with Gasteiger partial charge in [-0.3, -0.25) is 0 Å². The number of hydrogen-bond acceptors (Lipinski definition) is 2. The van der Waals surface area contributed by atoms with E-state index < -0.39 is 0 Å². The van der Waals surface area contributed by atoms with E-state index in [9.17, 15) is 0 Å². The molecule has 0 spiro atoms. The van der Waals surface area contributed by atoms with Gasteiger partial charge in [0.2, 0.25) is 0 Å². The van der Waals surface area contributed by atoms with E-state index in [2.05, 4.69) is 28.1 Å². The predicted octanol–water partition coefficient (Wildman–Crippen LogP) is 3.44. The lowest BCUT2D eigenvalue weighted by Gasteiger charge is -2.34. The van der Waals surface area contributed by atoms with Gasteiger partial charge in [-0.1, -0.05) is 22.4 Å². The van der Waals surface area contributed by atoms with Crippen molar-refractivity contribution in [2.24, 2.45) is 17.6 Å². The van der Waals surface area contributed by atoms with Crippen LogP contribution in [0.3, 0.4) is 0 Å². The van der Waals surface area contributed by atoms with Gasteiger partial charge in [0.1, 0.15) is 5.75 Å². The highest BCUT2D eigenvalue weighted by molar-refractivity contribution is 9.10. The van der Waals surface area contributed by atoms with Crippen LogP contribution in [0.15, 0.2) is 16.6 Å². The van der Waals surface area contributed by atoms with Crippen LogP contribution in [-0.2, 0) is 12.8 Å². The molecule has 1 aliphatic heterocycles. The Balaban J connectivity index is 1.67. The van der Waals surface area contributed by atoms with E-state index >= 15 is 0 Å². The van der Waals surface area contributed by atoms with Crippen molar-refractivity contribution in [2.45, 2.75) is 44.1 Å². The quantitative estimate of drug-likeness (QED) is 0.905. The summed E-state index contributed by atoms with van der Waals surface area (Å²) in [6, 6.07) is 4.40. The van der Waals surface area contributed by atoms with E-state index in [-0.39, 0.29) is 5.54 Å². The number of rotatable bonds is 2. The largest absolute Gasteiger partial charge is 0.493 e. The van der Waals surface area contributed by atoms with Crippen LogP contribution in [0.5, 0.6) is 5.75 Å². The van der Waals surface area contributed by atoms with Crippen LogP contribution in [0.25, 0.3) is 0 Å². The summed E-state index contributed by atoms with van der Waals surface area (Å²) >= 11 is 3.63. The molecule has 3 atom stereocenters. The Morgan fingerprint density at radius 3 is 3.00 bits per heavy atom. The van der Waals surface area contributed by atoms with E-state index in [1.54, 1.807) is 0 Å². The Morgan fingerprint density at radius 2 is 2.26 bits per heavy atom. The van der Waals surface area contributed by atoms with E-state index in [0.717, 1.165) is 37.0 Å². The molecule has 1 aromatic carbocycles. The molecular weight excluding hydrogens is 302 g/mol. The van der Waals surface area contributed by atoms with E-state index in [1.165, 1.54) is 41.3 Å². The normalized spacial score (nSPS) is 35.5. The second kappa shape index (κ2) is 4.23. The summed E-state index contributed by atoms with van der Waals surface area (Å²) in [7, 11) is 0. The van der Waals surface area contributed by atoms with Crippen molar-refractivity contribution in [1.82, 2.24) is 0 Å². The number of nitrogens with two attached hydrogens (primary N) is 1. The van der Waals surface area contributed by atoms with Crippen molar-refractivity contribution in [3.05, 3.63) is 27.7 Å². The summed E-state index contributed by atoms with van der Waals surface area (Å²) in [5.74, 6) is 2.74. The molecule has 2 bridgehead atoms. The van der Waals surface area contributed by atoms with Crippen LogP contribution in [0.2, 0.25) is 0 Å². The molecule has 2 aliphatic carbocycles. The second-order valence-electron chi connectivity index (χ2n) is 6.64. The molecule has 0 amide bonds. The second-order valence-corrected chi connectivity index (χ2v) is 7.56. The summed E-state index contributed by atoms with van der Waals surface area (Å²) in [6.07, 6.45) is 7.31. The molecule has 19 heavy (non-hydrogen) atoms. The highest BCUT2D eigenvalue weighted by Crippen LogP contribution is 2.51. The minimum Gasteiger partial charge on any atom is -0.493 e. The van der Waals surface area contributed by atoms with Gasteiger partial charge in [-0.25, -0.2) is 0 Å². The molecule has 3 aliphatic rings. The molecule has 0 radical (unpaired) electrons. The van der Waals surface area contributed by atoms with Crippen LogP contribution in [-0.4, -0.2) is 12.1 Å². The van der Waals surface area contributed by atoms with Gasteiger partial charge < -0.3 is 10.5 Å². The minimum atomic E-state index is 0.0173. The standard InChI is InChI=1S/C16H20BrNO/c17-14-6-11-3-4-19-15(11)12(7-14)9-16(18)8-10-1-2-13(16)5-10/h6-7,10,13H,1-5,8-9,18H2. The molecule has 2 fully saturated rings. The molecule has 1 heterocycles. The smallest absolute Gasteiger partial charge is 0.125 e. The van der Waals surface area contributed by atoms with Crippen molar-refractivity contribution < 1.29 is 4.74 Å². The molecule has 3 heteroatoms. The Labute approximate surface area is 122 Å². The van der Waals surface area contributed by atoms with Crippen molar-refractivity contribution >= 4 is 15.9 Å². The van der Waals surface area contributed by atoms with Gasteiger partial charge in [-0.05, 0) is 60.8 Å². The Bertz CT molecular complexity index is 530. The molecule has 0 saturated heterocycles. The third kappa shape index (κ3) is 1.93. The monoisotopic (exact) mass is 321 g/mol. The lowest BCUT2D eigenvalue weighted by atomic mass is 9.77. The maximum atomic E-state index is 6.75. The Kier molecular flexibility index (Phi) is 2.72. The van der Waals surface area contributed by atoms with Gasteiger partial charge in [-0.15, -0.1) is 0 Å². The van der Waals surface area contributed by atoms with Crippen molar-refractivity contribution in [3.63, 3.8) is 0 Å². The zero-order chi connectivity index (χ0) is 13.0. The third-order valence-electron chi connectivity index (χ3n) is 5.37. The first-order chi connectivity index (χ1) is 9.14. The third-order valence-corrected chi connectivity index (χ3v) is 5.83. The van der Waals surface area contributed by atoms with Gasteiger partial charge in [0.25, 0.3) is 0 Å². The fraction of sp³-hybridized carbons (Fsp3) is 0.625. The maximum Gasteiger partial charge on any atom is 0.125 e. The minimum absolute atomic E-state index is 0.0173. The molecule has 0 aromatic heterocycles. The van der Waals surface area contributed by atoms with Crippen molar-refractivity contribution in [2.75, 3.05) is 6.61 Å². The Hall–Kier alpha value is -0.540. The Morgan fingerprint density at radius 1 is 1.37 bits per heavy atom. The topological polar surface area (TPSA) is 35.2 Å². The highest BCUT2D eigenvalue weighted by atomic mass is 79.9. The fourth-order valence-electron chi connectivity index (χ4n) is 4.54. The molecule has 4 rings (SSSR count). The van der Waals surface area contributed by atoms with Gasteiger partial charge in [0, 0.05) is 16.4 Å². The van der Waals surface area contributed by atoms with Crippen LogP contribution in [0.4, 0.5) is 0 Å². The molecule has 1 aromatic rings. The van der Waals surface area contributed by atoms with Crippen LogP contribution >= 0.6 is 15.9 Å². The first-order valence-electron chi connectivity index (χ1n) is 7.37. The van der Waals surface area contributed by atoms with Gasteiger partial charge in [0.05, 0.1) is 6.61 Å². The summed E-state index contributed by atoms with van der Waals surface area (Å²) in [5.41, 5.74) is 9.43. The van der Waals surface area contributed by atoms with Gasteiger partial charge in [0.15, 0.2) is 0 Å². The molecule has 3 unspecified atom stereocenters. The number of halogens is 1. The average Bonchev–Trinajstić information content (AvgIpc) is 3.01. The summed E-state index contributed by atoms with van der Waals surface area (Å²) in [4.78, 5) is 0. The summed E-state index contributed by atoms with van der Waals surface area (Å²) < 4.78 is 7.01. The first kappa shape index (κ1) is 12.2. The fourth-order valence-corrected chi connectivity index (χ4v) is 5.09. The van der Waals surface area contributed by atoms with Crippen molar-refractivity contribution in [3.8, 4) is 5.75 Å².